The maximum Gasteiger partial charge on any atom is 0.416 e. The molecule has 5 nitrogen and oxygen atoms in total. The highest BCUT2D eigenvalue weighted by Gasteiger charge is 2.57. The third-order valence-corrected chi connectivity index (χ3v) is 8.47. The fourth-order valence-corrected chi connectivity index (χ4v) is 6.66. The zero-order valence-electron chi connectivity index (χ0n) is 23.6. The number of hydrogen-bond acceptors (Lipinski definition) is 4. The topological polar surface area (TPSA) is 66.8 Å². The molecular weight excluding hydrogens is 576 g/mol. The third kappa shape index (κ3) is 6.09. The summed E-state index contributed by atoms with van der Waals surface area (Å²) in [6, 6.07) is 7.67. The van der Waals surface area contributed by atoms with Crippen LogP contribution in [0.25, 0.3) is 6.08 Å². The van der Waals surface area contributed by atoms with Crippen LogP contribution < -0.4 is 4.90 Å². The first kappa shape index (κ1) is 30.8. The van der Waals surface area contributed by atoms with Crippen LogP contribution in [-0.2, 0) is 26.7 Å². The molecule has 230 valence electrons. The van der Waals surface area contributed by atoms with Gasteiger partial charge in [0.15, 0.2) is 0 Å². The van der Waals surface area contributed by atoms with Gasteiger partial charge in [0, 0.05) is 5.92 Å². The number of alkyl halides is 6. The number of allylic oxidation sites excluding steroid dienone is 2. The Labute approximate surface area is 244 Å². The minimum atomic E-state index is -5.11. The molecule has 2 aromatic rings. The number of aromatic hydroxyl groups is 1. The Bertz CT molecular complexity index is 1460. The summed E-state index contributed by atoms with van der Waals surface area (Å²) in [4.78, 5) is 27.8. The van der Waals surface area contributed by atoms with Gasteiger partial charge in [-0.3, -0.25) is 9.59 Å². The van der Waals surface area contributed by atoms with E-state index in [2.05, 4.69) is 0 Å². The summed E-state index contributed by atoms with van der Waals surface area (Å²) in [5.41, 5.74) is -0.133. The van der Waals surface area contributed by atoms with E-state index in [1.165, 1.54) is 0 Å². The van der Waals surface area contributed by atoms with Crippen LogP contribution in [0.1, 0.15) is 62.6 Å². The maximum atomic E-state index is 13.7. The number of anilines is 1. The Morgan fingerprint density at radius 1 is 1.00 bits per heavy atom. The average molecular weight is 608 g/mol. The normalized spacial score (nSPS) is 24.6. The van der Waals surface area contributed by atoms with Crippen molar-refractivity contribution in [2.75, 3.05) is 11.5 Å². The van der Waals surface area contributed by atoms with E-state index in [-0.39, 0.29) is 30.9 Å². The van der Waals surface area contributed by atoms with Gasteiger partial charge in [-0.1, -0.05) is 42.7 Å². The number of benzene rings is 2. The Balaban J connectivity index is 1.43. The predicted molar refractivity (Wildman–Crippen MR) is 147 cm³/mol. The molecule has 1 aliphatic carbocycles. The molecule has 2 saturated heterocycles. The van der Waals surface area contributed by atoms with Crippen molar-refractivity contribution in [1.82, 2.24) is 0 Å². The number of phenols is 1. The second-order valence-electron chi connectivity index (χ2n) is 11.5. The molecule has 3 aliphatic rings. The standard InChI is InChI=1S/C32H31F6NO4/c1-3-5-19-12-24-28(25-16-43-26(27(19)25)9-8-17(2)10-18-6-4-7-23(40)11-18)30(42)39(29(24)41)22-14-20(31(33,34)35)13-21(15-22)32(36,37)38/h4,6-7,10-11,13-15,24-26,28,40H,3,5,8-9,12,16H2,1-2H3/b17-10+/t24-,25+,26-,28-/m1/s1. The number of phenolic OH excluding ortho intramolecular Hbond substituents is 1. The summed E-state index contributed by atoms with van der Waals surface area (Å²) >= 11 is 0. The highest BCUT2D eigenvalue weighted by atomic mass is 19.4. The van der Waals surface area contributed by atoms with Gasteiger partial charge in [-0.15, -0.1) is 0 Å². The lowest BCUT2D eigenvalue weighted by Crippen LogP contribution is -2.34. The smallest absolute Gasteiger partial charge is 0.416 e. The van der Waals surface area contributed by atoms with Crippen molar-refractivity contribution in [1.29, 1.82) is 0 Å². The van der Waals surface area contributed by atoms with Gasteiger partial charge < -0.3 is 9.84 Å². The molecule has 2 amide bonds. The second kappa shape index (κ2) is 11.5. The monoisotopic (exact) mass is 607 g/mol. The van der Waals surface area contributed by atoms with Crippen LogP contribution in [0.4, 0.5) is 32.0 Å². The molecule has 2 aliphatic heterocycles. The summed E-state index contributed by atoms with van der Waals surface area (Å²) < 4.78 is 87.4. The van der Waals surface area contributed by atoms with Crippen LogP contribution in [0.2, 0.25) is 0 Å². The van der Waals surface area contributed by atoms with Crippen LogP contribution in [0.3, 0.4) is 0 Å². The number of carbonyl (C=O) groups excluding carboxylic acids is 2. The summed E-state index contributed by atoms with van der Waals surface area (Å²) in [6.45, 7) is 4.06. The van der Waals surface area contributed by atoms with Crippen LogP contribution in [0.5, 0.6) is 5.75 Å². The number of imide groups is 1. The number of ether oxygens (including phenoxy) is 1. The molecular formula is C32H31F6NO4. The zero-order valence-corrected chi connectivity index (χ0v) is 23.6. The fraction of sp³-hybridized carbons (Fsp3) is 0.438. The van der Waals surface area contributed by atoms with Crippen molar-refractivity contribution in [3.05, 3.63) is 75.9 Å². The van der Waals surface area contributed by atoms with Crippen molar-refractivity contribution in [3.63, 3.8) is 0 Å². The molecule has 0 saturated carbocycles. The molecule has 0 bridgehead atoms. The summed E-state index contributed by atoms with van der Waals surface area (Å²) in [7, 11) is 0. The maximum absolute atomic E-state index is 13.7. The predicted octanol–water partition coefficient (Wildman–Crippen LogP) is 7.93. The first-order chi connectivity index (χ1) is 20.2. The number of amides is 2. The summed E-state index contributed by atoms with van der Waals surface area (Å²) in [5.74, 6) is -3.75. The number of hydrogen-bond donors (Lipinski definition) is 1. The first-order valence-corrected chi connectivity index (χ1v) is 14.2. The van der Waals surface area contributed by atoms with Crippen LogP contribution in [-0.4, -0.2) is 29.6 Å². The lowest BCUT2D eigenvalue weighted by Gasteiger charge is -2.31. The van der Waals surface area contributed by atoms with Crippen LogP contribution in [0.15, 0.2) is 59.2 Å². The Morgan fingerprint density at radius 3 is 2.28 bits per heavy atom. The van der Waals surface area contributed by atoms with Gasteiger partial charge in [0.1, 0.15) is 5.75 Å². The van der Waals surface area contributed by atoms with Crippen molar-refractivity contribution in [3.8, 4) is 5.75 Å². The highest BCUT2D eigenvalue weighted by Crippen LogP contribution is 2.52. The number of fused-ring (bicyclic) bond motifs is 3. The minimum absolute atomic E-state index is 0.0209. The zero-order chi connectivity index (χ0) is 31.3. The van der Waals surface area contributed by atoms with E-state index in [9.17, 15) is 41.0 Å². The van der Waals surface area contributed by atoms with E-state index in [1.54, 1.807) is 18.2 Å². The van der Waals surface area contributed by atoms with E-state index in [4.69, 9.17) is 4.74 Å². The molecule has 43 heavy (non-hydrogen) atoms. The molecule has 0 spiro atoms. The highest BCUT2D eigenvalue weighted by molar-refractivity contribution is 6.22. The van der Waals surface area contributed by atoms with E-state index >= 15 is 0 Å². The summed E-state index contributed by atoms with van der Waals surface area (Å²) in [6.07, 6.45) is -5.78. The fourth-order valence-electron chi connectivity index (χ4n) is 6.66. The molecule has 2 heterocycles. The van der Waals surface area contributed by atoms with Crippen molar-refractivity contribution >= 4 is 23.6 Å². The molecule has 11 heteroatoms. The molecule has 2 aromatic carbocycles. The van der Waals surface area contributed by atoms with Gasteiger partial charge in [0.2, 0.25) is 11.8 Å². The van der Waals surface area contributed by atoms with Gasteiger partial charge in [0.25, 0.3) is 0 Å². The van der Waals surface area contributed by atoms with E-state index < -0.39 is 58.7 Å². The van der Waals surface area contributed by atoms with Gasteiger partial charge in [-0.25, -0.2) is 4.90 Å². The quantitative estimate of drug-likeness (QED) is 0.197. The van der Waals surface area contributed by atoms with E-state index in [0.29, 0.717) is 36.3 Å². The molecule has 0 unspecified atom stereocenters. The minimum Gasteiger partial charge on any atom is -0.508 e. The van der Waals surface area contributed by atoms with Crippen molar-refractivity contribution in [2.24, 2.45) is 17.8 Å². The van der Waals surface area contributed by atoms with E-state index in [0.717, 1.165) is 28.7 Å². The Morgan fingerprint density at radius 2 is 1.67 bits per heavy atom. The molecule has 1 N–H and O–H groups in total. The molecule has 2 fully saturated rings. The Hall–Kier alpha value is -3.60. The van der Waals surface area contributed by atoms with Gasteiger partial charge >= 0.3 is 12.4 Å². The van der Waals surface area contributed by atoms with Gasteiger partial charge in [0.05, 0.1) is 41.4 Å². The lowest BCUT2D eigenvalue weighted by atomic mass is 9.68. The van der Waals surface area contributed by atoms with Crippen LogP contribution >= 0.6 is 0 Å². The number of halogens is 6. The molecule has 5 rings (SSSR count). The largest absolute Gasteiger partial charge is 0.508 e. The Kier molecular flexibility index (Phi) is 8.24. The number of rotatable bonds is 7. The van der Waals surface area contributed by atoms with Crippen LogP contribution in [0, 0.1) is 17.8 Å². The molecule has 0 radical (unpaired) electrons. The molecule has 4 atom stereocenters. The lowest BCUT2D eigenvalue weighted by molar-refractivity contribution is -0.143. The second-order valence-corrected chi connectivity index (χ2v) is 11.5. The number of nitrogens with zero attached hydrogens (tertiary/aromatic N) is 1. The van der Waals surface area contributed by atoms with Gasteiger partial charge in [-0.2, -0.15) is 26.3 Å². The molecule has 0 aromatic heterocycles. The summed E-state index contributed by atoms with van der Waals surface area (Å²) in [5, 5.41) is 9.73. The van der Waals surface area contributed by atoms with Gasteiger partial charge in [-0.05, 0) is 74.1 Å². The average Bonchev–Trinajstić information content (AvgIpc) is 3.45. The van der Waals surface area contributed by atoms with Crippen molar-refractivity contribution in [2.45, 2.75) is 64.4 Å². The third-order valence-electron chi connectivity index (χ3n) is 8.47. The SMILES string of the molecule is CCCC1=C2[C@@H](CC/C(C)=C/c3cccc(O)c3)OC[C@@H]2[C@@H]2C(=O)N(c3cc(C(F)(F)F)cc(C(F)(F)F)c3)C(=O)[C@@H]2C1. The van der Waals surface area contributed by atoms with E-state index in [1.807, 2.05) is 26.0 Å². The number of carbonyl (C=O) groups is 2. The van der Waals surface area contributed by atoms with Crippen molar-refractivity contribution < 1.29 is 45.8 Å². The first-order valence-electron chi connectivity index (χ1n) is 14.2.